The number of anilines is 2. The number of aromatic nitrogens is 1. The Morgan fingerprint density at radius 3 is 1.74 bits per heavy atom. The molecule has 6 aliphatic rings. The van der Waals surface area contributed by atoms with E-state index in [-0.39, 0.29) is 44.8 Å². The normalized spacial score (nSPS) is 19.6. The first kappa shape index (κ1) is 47.2. The second kappa shape index (κ2) is 14.3. The van der Waals surface area contributed by atoms with Gasteiger partial charge in [-0.25, -0.2) is 0 Å². The van der Waals surface area contributed by atoms with Gasteiger partial charge in [0, 0.05) is 61.1 Å². The third-order valence-corrected chi connectivity index (χ3v) is 21.6. The minimum absolute atomic E-state index is 0.00403. The first-order valence-corrected chi connectivity index (χ1v) is 29.4. The van der Waals surface area contributed by atoms with Gasteiger partial charge in [-0.1, -0.05) is 171 Å². The second-order valence-electron chi connectivity index (χ2n) is 29.8. The lowest BCUT2D eigenvalue weighted by Crippen LogP contribution is -2.60. The molecule has 0 fully saturated rings. The van der Waals surface area contributed by atoms with E-state index in [1.165, 1.54) is 158 Å². The molecule has 0 radical (unpaired) electrons. The van der Waals surface area contributed by atoms with Crippen molar-refractivity contribution in [3.8, 4) is 39.1 Å². The molecular formula is C74H73BN2O. The van der Waals surface area contributed by atoms with Crippen molar-refractivity contribution in [2.24, 2.45) is 0 Å². The van der Waals surface area contributed by atoms with Crippen LogP contribution < -0.4 is 15.7 Å². The summed E-state index contributed by atoms with van der Waals surface area (Å²) in [5.74, 6) is 0. The number of fused-ring (bicyclic) bond motifs is 21. The average molecular weight is 1020 g/mol. The molecule has 78 heavy (non-hydrogen) atoms. The summed E-state index contributed by atoms with van der Waals surface area (Å²) in [6, 6.07) is 48.8. The molecule has 10 aromatic rings. The van der Waals surface area contributed by atoms with Crippen LogP contribution in [0.5, 0.6) is 0 Å². The Labute approximate surface area is 462 Å². The van der Waals surface area contributed by atoms with E-state index in [1.54, 1.807) is 0 Å². The first-order chi connectivity index (χ1) is 36.8. The van der Waals surface area contributed by atoms with Gasteiger partial charge in [-0.15, -0.1) is 0 Å². The molecule has 4 heterocycles. The fourth-order valence-electron chi connectivity index (χ4n) is 16.8. The predicted molar refractivity (Wildman–Crippen MR) is 331 cm³/mol. The second-order valence-corrected chi connectivity index (χ2v) is 29.8. The Bertz CT molecular complexity index is 4420. The molecule has 0 atom stereocenters. The number of benzene rings is 8. The maximum atomic E-state index is 6.95. The van der Waals surface area contributed by atoms with Crippen LogP contribution in [0.4, 0.5) is 11.4 Å². The third kappa shape index (κ3) is 5.73. The van der Waals surface area contributed by atoms with Crippen LogP contribution in [0.25, 0.3) is 82.8 Å². The van der Waals surface area contributed by atoms with E-state index in [0.29, 0.717) is 0 Å². The van der Waals surface area contributed by atoms with Gasteiger partial charge in [0.15, 0.2) is 0 Å². The lowest BCUT2D eigenvalue weighted by Gasteiger charge is -2.43. The maximum absolute atomic E-state index is 6.95. The quantitative estimate of drug-likeness (QED) is 0.153. The molecule has 2 aromatic heterocycles. The van der Waals surface area contributed by atoms with E-state index in [1.807, 2.05) is 0 Å². The average Bonchev–Trinajstić information content (AvgIpc) is 2.15. The van der Waals surface area contributed by atoms with Crippen LogP contribution in [-0.2, 0) is 37.9 Å². The smallest absolute Gasteiger partial charge is 0.333 e. The summed E-state index contributed by atoms with van der Waals surface area (Å²) in [5, 5.41) is 5.12. The van der Waals surface area contributed by atoms with Crippen molar-refractivity contribution in [1.29, 1.82) is 0 Å². The van der Waals surface area contributed by atoms with Gasteiger partial charge in [0.25, 0.3) is 0 Å². The molecule has 388 valence electrons. The summed E-state index contributed by atoms with van der Waals surface area (Å²) in [7, 11) is 0. The Morgan fingerprint density at radius 1 is 0.462 bits per heavy atom. The lowest BCUT2D eigenvalue weighted by molar-refractivity contribution is 0.331. The summed E-state index contributed by atoms with van der Waals surface area (Å²) in [6.07, 6.45) is 4.71. The molecule has 0 unspecified atom stereocenters. The molecule has 8 aromatic carbocycles. The van der Waals surface area contributed by atoms with Gasteiger partial charge in [-0.3, -0.25) is 0 Å². The lowest BCUT2D eigenvalue weighted by atomic mass is 9.43. The van der Waals surface area contributed by atoms with Crippen molar-refractivity contribution >= 4 is 72.9 Å². The number of para-hydroxylation sites is 1. The molecule has 0 saturated carbocycles. The fourth-order valence-corrected chi connectivity index (χ4v) is 16.8. The fraction of sp³-hybridized carbons (Fsp3) is 0.351. The van der Waals surface area contributed by atoms with E-state index in [4.69, 9.17) is 4.42 Å². The molecular weight excluding hydrogens is 944 g/mol. The Hall–Kier alpha value is -6.78. The van der Waals surface area contributed by atoms with Gasteiger partial charge in [0.05, 0.1) is 11.0 Å². The molecule has 0 bridgehead atoms. The SMILES string of the molecule is CC(C)(C)c1ccc(N2B3c4cc5c(cc4-n4c6cc7c(cc6c6c8c(c(c3c64)-c3cc4c(cc32)-c2cc3c(cc2C4(C)C)C(C)(C)CCC3(C)C)-c2ccccc2C8(C)C)C(C)(C)CCC7(C)C)oc2ccccc25)cc1. The topological polar surface area (TPSA) is 21.3 Å². The van der Waals surface area contributed by atoms with Crippen LogP contribution >= 0.6 is 0 Å². The number of hydrogen-bond donors (Lipinski definition) is 0. The largest absolute Gasteiger partial charge is 0.456 e. The number of rotatable bonds is 1. The summed E-state index contributed by atoms with van der Waals surface area (Å²) in [5.41, 5.74) is 32.3. The van der Waals surface area contributed by atoms with Crippen molar-refractivity contribution in [2.45, 2.75) is 167 Å². The predicted octanol–water partition coefficient (Wildman–Crippen LogP) is 18.5. The van der Waals surface area contributed by atoms with Gasteiger partial charge in [-0.05, 0) is 190 Å². The van der Waals surface area contributed by atoms with Gasteiger partial charge in [-0.2, -0.15) is 0 Å². The molecule has 3 nitrogen and oxygen atoms in total. The third-order valence-electron chi connectivity index (χ3n) is 21.6. The van der Waals surface area contributed by atoms with E-state index in [2.05, 4.69) is 235 Å². The zero-order valence-electron chi connectivity index (χ0n) is 48.8. The minimum atomic E-state index is -0.284. The molecule has 16 rings (SSSR count). The van der Waals surface area contributed by atoms with E-state index >= 15 is 0 Å². The number of nitrogens with zero attached hydrogens (tertiary/aromatic N) is 2. The molecule has 0 saturated heterocycles. The molecule has 0 spiro atoms. The summed E-state index contributed by atoms with van der Waals surface area (Å²) >= 11 is 0. The number of furan rings is 1. The number of hydrogen-bond acceptors (Lipinski definition) is 2. The molecule has 0 N–H and O–H groups in total. The highest BCUT2D eigenvalue weighted by Crippen LogP contribution is 2.63. The standard InChI is InChI=1S/C74H73BN2O/c1-68(2,3)40-24-26-41(27-25-40)77-58-36-45-44-32-52-54(71(8,9)30-28-69(52,4)5)37-51(44)73(12,13)50(45)33-48(58)63-62-43-21-16-18-22-49(43)74(14,15)65(62)64-47-34-53-55(72(10,11)31-29-70(53,6)7)38-57(47)76-59-39-61-46(42-20-17-19-23-60(42)78-61)35-56(59)75(77)66(63)67(64)76/h16-27,32-39H,28-31H2,1-15H3. The summed E-state index contributed by atoms with van der Waals surface area (Å²) in [4.78, 5) is 2.80. The van der Waals surface area contributed by atoms with E-state index in [9.17, 15) is 0 Å². The zero-order valence-corrected chi connectivity index (χ0v) is 48.8. The van der Waals surface area contributed by atoms with E-state index < -0.39 is 0 Å². The van der Waals surface area contributed by atoms with Crippen molar-refractivity contribution in [3.63, 3.8) is 0 Å². The van der Waals surface area contributed by atoms with Crippen molar-refractivity contribution in [2.75, 3.05) is 4.81 Å². The zero-order chi connectivity index (χ0) is 54.1. The highest BCUT2D eigenvalue weighted by atomic mass is 16.3. The molecule has 4 heteroatoms. The van der Waals surface area contributed by atoms with Crippen LogP contribution in [0, 0.1) is 0 Å². The van der Waals surface area contributed by atoms with Crippen LogP contribution in [0.2, 0.25) is 0 Å². The molecule has 4 aliphatic carbocycles. The summed E-state index contributed by atoms with van der Waals surface area (Å²) in [6.45, 7) is 36.8. The maximum Gasteiger partial charge on any atom is 0.333 e. The van der Waals surface area contributed by atoms with Crippen LogP contribution in [0.3, 0.4) is 0 Å². The molecule has 0 amide bonds. The van der Waals surface area contributed by atoms with Gasteiger partial charge >= 0.3 is 6.85 Å². The van der Waals surface area contributed by atoms with Crippen molar-refractivity contribution < 1.29 is 4.42 Å². The van der Waals surface area contributed by atoms with Crippen molar-refractivity contribution in [1.82, 2.24) is 4.57 Å². The molecule has 2 aliphatic heterocycles. The monoisotopic (exact) mass is 1020 g/mol. The highest BCUT2D eigenvalue weighted by molar-refractivity contribution is 6.94. The Morgan fingerprint density at radius 2 is 1.05 bits per heavy atom. The van der Waals surface area contributed by atoms with Gasteiger partial charge < -0.3 is 13.8 Å². The first-order valence-electron chi connectivity index (χ1n) is 29.4. The van der Waals surface area contributed by atoms with Crippen LogP contribution in [-0.4, -0.2) is 11.4 Å². The highest BCUT2D eigenvalue weighted by Gasteiger charge is 2.52. The van der Waals surface area contributed by atoms with E-state index in [0.717, 1.165) is 23.0 Å². The summed E-state index contributed by atoms with van der Waals surface area (Å²) < 4.78 is 9.70. The Balaban J connectivity index is 1.13. The van der Waals surface area contributed by atoms with Crippen LogP contribution in [0.1, 0.15) is 180 Å². The van der Waals surface area contributed by atoms with Crippen molar-refractivity contribution in [3.05, 3.63) is 171 Å². The van der Waals surface area contributed by atoms with Gasteiger partial charge in [0.1, 0.15) is 11.2 Å². The van der Waals surface area contributed by atoms with Crippen LogP contribution in [0.15, 0.2) is 126 Å². The minimum Gasteiger partial charge on any atom is -0.456 e. The van der Waals surface area contributed by atoms with Gasteiger partial charge in [0.2, 0.25) is 0 Å². The Kier molecular flexibility index (Phi) is 8.68.